The van der Waals surface area contributed by atoms with Crippen LogP contribution in [0.4, 0.5) is 0 Å². The Bertz CT molecular complexity index is 622. The van der Waals surface area contributed by atoms with Crippen LogP contribution in [0.2, 0.25) is 0 Å². The van der Waals surface area contributed by atoms with Crippen molar-refractivity contribution in [3.63, 3.8) is 0 Å². The van der Waals surface area contributed by atoms with E-state index in [1.54, 1.807) is 6.26 Å². The molecule has 0 aliphatic carbocycles. The minimum Gasteiger partial charge on any atom is -0.756 e. The first-order valence-corrected chi connectivity index (χ1v) is 15.9. The van der Waals surface area contributed by atoms with Gasteiger partial charge in [-0.15, -0.1) is 0 Å². The standard InChI is InChI=1S/C28H56NO7P/c1-6-7-8-9-10-11-12-13-14-15-16-17-18-19-20-21-23-33-25-28(36-27(2)30)26-35-37(31,32)34-24-22-29(3,4)5/h21,23,28H,6-20,22,24-26H2,1-5H3/b23-21+. The van der Waals surface area contributed by atoms with Crippen LogP contribution < -0.4 is 4.89 Å². The second-order valence-electron chi connectivity index (χ2n) is 10.9. The molecule has 0 bridgehead atoms. The lowest BCUT2D eigenvalue weighted by Gasteiger charge is -2.28. The number of likely N-dealkylation sites (N-methyl/N-ethyl adjacent to an activating group) is 1. The summed E-state index contributed by atoms with van der Waals surface area (Å²) in [6, 6.07) is 0. The molecule has 0 rings (SSSR count). The van der Waals surface area contributed by atoms with E-state index in [0.29, 0.717) is 11.0 Å². The van der Waals surface area contributed by atoms with Crippen molar-refractivity contribution < 1.29 is 37.3 Å². The van der Waals surface area contributed by atoms with Gasteiger partial charge in [-0.05, 0) is 18.9 Å². The number of hydrogen-bond acceptors (Lipinski definition) is 7. The van der Waals surface area contributed by atoms with Crippen molar-refractivity contribution in [1.82, 2.24) is 0 Å². The molecule has 0 saturated heterocycles. The summed E-state index contributed by atoms with van der Waals surface area (Å²) in [6.07, 6.45) is 22.3. The average molecular weight is 550 g/mol. The highest BCUT2D eigenvalue weighted by Crippen LogP contribution is 2.38. The summed E-state index contributed by atoms with van der Waals surface area (Å²) in [5, 5.41) is 0. The molecule has 0 N–H and O–H groups in total. The molecule has 2 unspecified atom stereocenters. The fraction of sp³-hybridized carbons (Fsp3) is 0.893. The van der Waals surface area contributed by atoms with Crippen LogP contribution >= 0.6 is 7.82 Å². The average Bonchev–Trinajstić information content (AvgIpc) is 2.80. The lowest BCUT2D eigenvalue weighted by molar-refractivity contribution is -0.870. The summed E-state index contributed by atoms with van der Waals surface area (Å²) in [4.78, 5) is 23.3. The van der Waals surface area contributed by atoms with Crippen LogP contribution in [-0.4, -0.2) is 64.1 Å². The van der Waals surface area contributed by atoms with E-state index in [1.807, 2.05) is 27.2 Å². The van der Waals surface area contributed by atoms with Gasteiger partial charge < -0.3 is 27.9 Å². The van der Waals surface area contributed by atoms with Gasteiger partial charge >= 0.3 is 5.97 Å². The minimum absolute atomic E-state index is 0.00764. The maximum Gasteiger partial charge on any atom is 0.303 e. The number of rotatable bonds is 26. The zero-order valence-electron chi connectivity index (χ0n) is 24.4. The summed E-state index contributed by atoms with van der Waals surface area (Å²) in [5.74, 6) is -0.532. The Kier molecular flexibility index (Phi) is 22.4. The molecule has 0 aromatic carbocycles. The Morgan fingerprint density at radius 3 is 1.84 bits per heavy atom. The van der Waals surface area contributed by atoms with Crippen molar-refractivity contribution in [3.8, 4) is 0 Å². The van der Waals surface area contributed by atoms with E-state index in [2.05, 4.69) is 6.92 Å². The number of unbranched alkanes of at least 4 members (excludes halogenated alkanes) is 14. The van der Waals surface area contributed by atoms with Gasteiger partial charge in [0.1, 0.15) is 19.8 Å². The highest BCUT2D eigenvalue weighted by atomic mass is 31.2. The number of ether oxygens (including phenoxy) is 2. The number of phosphoric ester groups is 1. The van der Waals surface area contributed by atoms with Crippen molar-refractivity contribution in [2.24, 2.45) is 0 Å². The van der Waals surface area contributed by atoms with Crippen LogP contribution in [0.25, 0.3) is 0 Å². The molecular formula is C28H56NO7P. The van der Waals surface area contributed by atoms with Gasteiger partial charge in [0.2, 0.25) is 0 Å². The van der Waals surface area contributed by atoms with Crippen molar-refractivity contribution in [2.75, 3.05) is 47.5 Å². The Morgan fingerprint density at radius 1 is 0.838 bits per heavy atom. The van der Waals surface area contributed by atoms with Crippen molar-refractivity contribution in [3.05, 3.63) is 12.3 Å². The van der Waals surface area contributed by atoms with E-state index in [9.17, 15) is 14.3 Å². The smallest absolute Gasteiger partial charge is 0.303 e. The predicted molar refractivity (Wildman–Crippen MR) is 148 cm³/mol. The highest BCUT2D eigenvalue weighted by Gasteiger charge is 2.19. The van der Waals surface area contributed by atoms with Gasteiger partial charge in [0.15, 0.2) is 6.10 Å². The first-order chi connectivity index (χ1) is 17.6. The summed E-state index contributed by atoms with van der Waals surface area (Å²) in [6.45, 7) is 3.70. The number of nitrogens with zero attached hydrogens (tertiary/aromatic N) is 1. The lowest BCUT2D eigenvalue weighted by atomic mass is 10.0. The van der Waals surface area contributed by atoms with E-state index >= 15 is 0 Å². The van der Waals surface area contributed by atoms with Crippen LogP contribution in [0.1, 0.15) is 110 Å². The number of quaternary nitrogens is 1. The summed E-state index contributed by atoms with van der Waals surface area (Å²) in [5.41, 5.74) is 0. The molecule has 220 valence electrons. The van der Waals surface area contributed by atoms with Crippen LogP contribution in [0.3, 0.4) is 0 Å². The monoisotopic (exact) mass is 549 g/mol. The van der Waals surface area contributed by atoms with Gasteiger partial charge in [-0.2, -0.15) is 0 Å². The van der Waals surface area contributed by atoms with E-state index in [0.717, 1.165) is 12.8 Å². The molecule has 0 heterocycles. The molecule has 0 fully saturated rings. The number of esters is 1. The van der Waals surface area contributed by atoms with Gasteiger partial charge in [0.25, 0.3) is 7.82 Å². The molecule has 9 heteroatoms. The number of carbonyl (C=O) groups excluding carboxylic acids is 1. The quantitative estimate of drug-likeness (QED) is 0.0398. The topological polar surface area (TPSA) is 94.1 Å². The molecule has 0 spiro atoms. The number of carbonyl (C=O) groups is 1. The van der Waals surface area contributed by atoms with E-state index in [-0.39, 0.29) is 19.8 Å². The second-order valence-corrected chi connectivity index (χ2v) is 12.3. The van der Waals surface area contributed by atoms with E-state index < -0.39 is 19.9 Å². The van der Waals surface area contributed by atoms with Gasteiger partial charge in [-0.3, -0.25) is 9.36 Å². The zero-order valence-corrected chi connectivity index (χ0v) is 25.3. The van der Waals surface area contributed by atoms with Gasteiger partial charge in [0, 0.05) is 6.92 Å². The molecule has 0 aromatic rings. The first-order valence-electron chi connectivity index (χ1n) is 14.4. The summed E-state index contributed by atoms with van der Waals surface area (Å²) < 4.78 is 32.8. The van der Waals surface area contributed by atoms with E-state index in [1.165, 1.54) is 90.4 Å². The van der Waals surface area contributed by atoms with Gasteiger partial charge in [-0.1, -0.05) is 90.4 Å². The molecule has 0 amide bonds. The Balaban J connectivity index is 3.81. The SMILES string of the molecule is CCCCCCCCCCCCCCCC/C=C/OCC(COP(=O)([O-])OCC[N+](C)(C)C)OC(C)=O. The maximum absolute atomic E-state index is 11.9. The van der Waals surface area contributed by atoms with Gasteiger partial charge in [0.05, 0.1) is 34.0 Å². The third-order valence-corrected chi connectivity index (χ3v) is 6.93. The second kappa shape index (κ2) is 23.0. The van der Waals surface area contributed by atoms with Crippen LogP contribution in [0.5, 0.6) is 0 Å². The van der Waals surface area contributed by atoms with Crippen molar-refractivity contribution >= 4 is 13.8 Å². The zero-order chi connectivity index (χ0) is 27.8. The molecule has 0 aliphatic heterocycles. The first kappa shape index (κ1) is 36.1. The maximum atomic E-state index is 11.9. The van der Waals surface area contributed by atoms with Crippen LogP contribution in [-0.2, 0) is 27.9 Å². The number of allylic oxidation sites excluding steroid dienone is 1. The van der Waals surface area contributed by atoms with Crippen LogP contribution in [0, 0.1) is 0 Å². The molecular weight excluding hydrogens is 493 g/mol. The van der Waals surface area contributed by atoms with Gasteiger partial charge in [-0.25, -0.2) is 0 Å². The Labute approximate surface area is 227 Å². The normalized spacial score (nSPS) is 14.5. The van der Waals surface area contributed by atoms with Crippen molar-refractivity contribution in [2.45, 2.75) is 116 Å². The molecule has 0 radical (unpaired) electrons. The summed E-state index contributed by atoms with van der Waals surface area (Å²) in [7, 11) is 1.32. The van der Waals surface area contributed by atoms with E-state index in [4.69, 9.17) is 18.5 Å². The predicted octanol–water partition coefficient (Wildman–Crippen LogP) is 6.53. The molecule has 2 atom stereocenters. The molecule has 8 nitrogen and oxygen atoms in total. The fourth-order valence-corrected chi connectivity index (χ4v) is 4.47. The largest absolute Gasteiger partial charge is 0.756 e. The Hall–Kier alpha value is -0.920. The summed E-state index contributed by atoms with van der Waals surface area (Å²) >= 11 is 0. The molecule has 37 heavy (non-hydrogen) atoms. The molecule has 0 aliphatic rings. The van der Waals surface area contributed by atoms with Crippen LogP contribution in [0.15, 0.2) is 12.3 Å². The minimum atomic E-state index is -4.48. The third-order valence-electron chi connectivity index (χ3n) is 5.96. The lowest BCUT2D eigenvalue weighted by Crippen LogP contribution is -2.37. The van der Waals surface area contributed by atoms with Crippen molar-refractivity contribution in [1.29, 1.82) is 0 Å². The highest BCUT2D eigenvalue weighted by molar-refractivity contribution is 7.45. The Morgan fingerprint density at radius 2 is 1.35 bits per heavy atom. The number of phosphoric acid groups is 1. The molecule has 0 saturated carbocycles. The third kappa shape index (κ3) is 27.9. The molecule has 0 aromatic heterocycles. The number of hydrogen-bond donors (Lipinski definition) is 0. The fourth-order valence-electron chi connectivity index (χ4n) is 3.74.